The van der Waals surface area contributed by atoms with E-state index in [1.807, 2.05) is 48.2 Å². The summed E-state index contributed by atoms with van der Waals surface area (Å²) >= 11 is 1.91. The molecule has 7 heteroatoms. The van der Waals surface area contributed by atoms with E-state index >= 15 is 0 Å². The summed E-state index contributed by atoms with van der Waals surface area (Å²) in [5.74, 6) is 1.04. The Morgan fingerprint density at radius 2 is 1.86 bits per heavy atom. The van der Waals surface area contributed by atoms with Gasteiger partial charge in [0.05, 0.1) is 7.11 Å². The van der Waals surface area contributed by atoms with E-state index < -0.39 is 12.0 Å². The van der Waals surface area contributed by atoms with Gasteiger partial charge >= 0.3 is 5.97 Å². The first-order chi connectivity index (χ1) is 17.5. The summed E-state index contributed by atoms with van der Waals surface area (Å²) in [7, 11) is 1.68. The molecule has 0 spiro atoms. The lowest BCUT2D eigenvalue weighted by molar-refractivity contribution is -0.139. The Morgan fingerprint density at radius 3 is 2.42 bits per heavy atom. The lowest BCUT2D eigenvalue weighted by Gasteiger charge is -2.32. The van der Waals surface area contributed by atoms with E-state index in [-0.39, 0.29) is 5.54 Å². The number of nitrogens with one attached hydrogen (secondary N) is 2. The number of hydrogen-bond donors (Lipinski definition) is 4. The molecule has 1 heterocycles. The van der Waals surface area contributed by atoms with E-state index in [2.05, 4.69) is 36.6 Å². The van der Waals surface area contributed by atoms with Gasteiger partial charge < -0.3 is 26.2 Å². The van der Waals surface area contributed by atoms with Gasteiger partial charge in [-0.05, 0) is 49.9 Å². The number of carbonyl (C=O) groups is 1. The Balaban J connectivity index is 0.000000662. The lowest BCUT2D eigenvalue weighted by Crippen LogP contribution is -2.45. The van der Waals surface area contributed by atoms with Crippen molar-refractivity contribution in [1.29, 1.82) is 0 Å². The van der Waals surface area contributed by atoms with Crippen LogP contribution in [0.4, 0.5) is 0 Å². The van der Waals surface area contributed by atoms with Crippen LogP contribution in [0.5, 0.6) is 5.75 Å². The summed E-state index contributed by atoms with van der Waals surface area (Å²) < 4.78 is 5.65. The van der Waals surface area contributed by atoms with Crippen LogP contribution in [0.25, 0.3) is 0 Å². The molecule has 1 aliphatic heterocycles. The highest BCUT2D eigenvalue weighted by Gasteiger charge is 2.30. The fraction of sp³-hybridized carbons (Fsp3) is 0.552. The van der Waals surface area contributed by atoms with Crippen LogP contribution in [-0.2, 0) is 17.9 Å². The van der Waals surface area contributed by atoms with Gasteiger partial charge in [0.15, 0.2) is 0 Å². The zero-order chi connectivity index (χ0) is 26.2. The number of unbranched alkanes of at least 4 members (excludes halogenated alkanes) is 2. The quantitative estimate of drug-likeness (QED) is 0.258. The molecule has 0 radical (unpaired) electrons. The molecule has 0 aliphatic carbocycles. The second-order valence-electron chi connectivity index (χ2n) is 9.36. The van der Waals surface area contributed by atoms with Crippen LogP contribution in [0, 0.1) is 0 Å². The summed E-state index contributed by atoms with van der Waals surface area (Å²) in [4.78, 5) is 12.9. The number of aliphatic carboxylic acids is 1. The van der Waals surface area contributed by atoms with Crippen molar-refractivity contribution >= 4 is 17.7 Å². The largest absolute Gasteiger partial charge is 0.496 e. The monoisotopic (exact) mass is 515 g/mol. The molecule has 1 aliphatic rings. The van der Waals surface area contributed by atoms with Gasteiger partial charge in [0, 0.05) is 34.8 Å². The van der Waals surface area contributed by atoms with Gasteiger partial charge in [-0.3, -0.25) is 4.79 Å². The molecular weight excluding hydrogens is 470 g/mol. The molecule has 2 aromatic carbocycles. The minimum atomic E-state index is -0.817. The maximum Gasteiger partial charge on any atom is 0.320 e. The highest BCUT2D eigenvalue weighted by molar-refractivity contribution is 7.99. The first-order valence-electron chi connectivity index (χ1n) is 13.2. The second kappa shape index (κ2) is 16.6. The Kier molecular flexibility index (Phi) is 13.9. The summed E-state index contributed by atoms with van der Waals surface area (Å²) in [6.45, 7) is 6.41. The molecule has 36 heavy (non-hydrogen) atoms. The summed E-state index contributed by atoms with van der Waals surface area (Å²) in [6, 6.07) is 15.7. The maximum atomic E-state index is 11.6. The molecule has 0 saturated carbocycles. The molecule has 2 aromatic rings. The van der Waals surface area contributed by atoms with Gasteiger partial charge in [-0.2, -0.15) is 0 Å². The van der Waals surface area contributed by atoms with Crippen molar-refractivity contribution < 1.29 is 14.6 Å². The van der Waals surface area contributed by atoms with Crippen molar-refractivity contribution in [3.8, 4) is 5.75 Å². The minimum absolute atomic E-state index is 0.169. The molecule has 0 aromatic heterocycles. The topological polar surface area (TPSA) is 96.6 Å². The number of ether oxygens (including phenoxy) is 1. The number of nitrogens with two attached hydrogens (primary N) is 1. The number of hydrogen-bond acceptors (Lipinski definition) is 6. The van der Waals surface area contributed by atoms with E-state index in [0.29, 0.717) is 19.5 Å². The molecule has 0 fully saturated rings. The smallest absolute Gasteiger partial charge is 0.320 e. The van der Waals surface area contributed by atoms with Gasteiger partial charge in [0.25, 0.3) is 0 Å². The van der Waals surface area contributed by atoms with Crippen LogP contribution in [0.2, 0.25) is 0 Å². The van der Waals surface area contributed by atoms with Crippen LogP contribution in [0.3, 0.4) is 0 Å². The zero-order valence-corrected chi connectivity index (χ0v) is 23.0. The van der Waals surface area contributed by atoms with Crippen molar-refractivity contribution in [2.45, 2.75) is 88.4 Å². The summed E-state index contributed by atoms with van der Waals surface area (Å²) in [5.41, 5.74) is 7.97. The number of methoxy groups -OCH3 is 1. The Bertz CT molecular complexity index is 870. The first-order valence-corrected chi connectivity index (χ1v) is 14.2. The van der Waals surface area contributed by atoms with E-state index in [0.717, 1.165) is 42.9 Å². The van der Waals surface area contributed by atoms with E-state index in [9.17, 15) is 9.90 Å². The molecule has 0 bridgehead atoms. The minimum Gasteiger partial charge on any atom is -0.496 e. The van der Waals surface area contributed by atoms with E-state index in [4.69, 9.17) is 10.5 Å². The molecule has 5 N–H and O–H groups in total. The molecule has 3 rings (SSSR count). The third kappa shape index (κ3) is 9.77. The average Bonchev–Trinajstić information content (AvgIpc) is 3.09. The predicted octanol–water partition coefficient (Wildman–Crippen LogP) is 5.59. The summed E-state index contributed by atoms with van der Waals surface area (Å²) in [6.07, 6.45) is 6.97. The molecule has 6 nitrogen and oxygen atoms in total. The third-order valence-electron chi connectivity index (χ3n) is 6.76. The Hall–Kier alpha value is -2.06. The third-order valence-corrected chi connectivity index (χ3v) is 8.15. The fourth-order valence-corrected chi connectivity index (χ4v) is 5.72. The highest BCUT2D eigenvalue weighted by Crippen LogP contribution is 2.37. The number of benzene rings is 2. The van der Waals surface area contributed by atoms with Crippen molar-refractivity contribution in [3.63, 3.8) is 0 Å². The highest BCUT2D eigenvalue weighted by atomic mass is 32.2. The van der Waals surface area contributed by atoms with Crippen LogP contribution in [-0.4, -0.2) is 42.1 Å². The Morgan fingerprint density at radius 1 is 1.17 bits per heavy atom. The molecule has 200 valence electrons. The molecule has 0 saturated heterocycles. The zero-order valence-electron chi connectivity index (χ0n) is 22.2. The summed E-state index contributed by atoms with van der Waals surface area (Å²) in [5, 5.41) is 16.5. The van der Waals surface area contributed by atoms with Gasteiger partial charge in [0.1, 0.15) is 11.8 Å². The van der Waals surface area contributed by atoms with Crippen LogP contribution >= 0.6 is 11.8 Å². The van der Waals surface area contributed by atoms with Crippen LogP contribution < -0.4 is 21.1 Å². The fourth-order valence-electron chi connectivity index (χ4n) is 4.30. The number of thioether (sulfide) groups is 1. The van der Waals surface area contributed by atoms with Gasteiger partial charge in [-0.1, -0.05) is 69.5 Å². The normalized spacial score (nSPS) is 17.8. The SMILES string of the molecule is CCCC[C@]1(CC)CSc2cc(CNC(CCCCN)C(=O)O)c(OC)cc2CN1.c1ccccc1. The number of carboxylic acid groups (broad SMARTS) is 1. The first kappa shape index (κ1) is 30.2. The van der Waals surface area contributed by atoms with Gasteiger partial charge in [-0.15, -0.1) is 11.8 Å². The van der Waals surface area contributed by atoms with Crippen molar-refractivity contribution in [1.82, 2.24) is 10.6 Å². The van der Waals surface area contributed by atoms with Crippen molar-refractivity contribution in [2.75, 3.05) is 19.4 Å². The lowest BCUT2D eigenvalue weighted by atomic mass is 9.91. The second-order valence-corrected chi connectivity index (χ2v) is 10.4. The molecule has 2 atom stereocenters. The number of fused-ring (bicyclic) bond motifs is 1. The molecular formula is C29H45N3O3S. The van der Waals surface area contributed by atoms with Crippen LogP contribution in [0.15, 0.2) is 53.4 Å². The molecule has 0 amide bonds. The number of rotatable bonds is 13. The average molecular weight is 516 g/mol. The van der Waals surface area contributed by atoms with E-state index in [1.54, 1.807) is 7.11 Å². The van der Waals surface area contributed by atoms with Crippen LogP contribution in [0.1, 0.15) is 69.9 Å². The van der Waals surface area contributed by atoms with Gasteiger partial charge in [0.2, 0.25) is 0 Å². The van der Waals surface area contributed by atoms with Gasteiger partial charge in [-0.25, -0.2) is 0 Å². The van der Waals surface area contributed by atoms with Crippen molar-refractivity contribution in [3.05, 3.63) is 59.7 Å². The van der Waals surface area contributed by atoms with Crippen molar-refractivity contribution in [2.24, 2.45) is 5.73 Å². The maximum absolute atomic E-state index is 11.6. The molecule has 1 unspecified atom stereocenters. The predicted molar refractivity (Wildman–Crippen MR) is 151 cm³/mol. The number of carboxylic acids is 1. The standard InChI is InChI=1S/C23H39N3O3S.C6H6/c1-4-6-10-23(5-2)16-30-21-13-17(20(29-3)12-18(21)15-26-23)14-25-19(22(27)28)9-7-8-11-24;1-2-4-6-5-3-1/h12-13,19,25-26H,4-11,14-16,24H2,1-3H3,(H,27,28);1-6H/t19?,23-;/m1./s1. The van der Waals surface area contributed by atoms with E-state index in [1.165, 1.54) is 29.7 Å². The Labute approximate surface area is 221 Å².